The number of likely N-dealkylation sites (N-methyl/N-ethyl adjacent to an activating group) is 1. The minimum atomic E-state index is -0.389. The predicted octanol–water partition coefficient (Wildman–Crippen LogP) is 1.70. The number of fused-ring (bicyclic) bond motifs is 2. The fourth-order valence-corrected chi connectivity index (χ4v) is 2.59. The number of rotatable bonds is 0. The Bertz CT molecular complexity index is 271. The highest BCUT2D eigenvalue weighted by Gasteiger charge is 2.40. The summed E-state index contributed by atoms with van der Waals surface area (Å²) in [4.78, 5) is 16.2. The Morgan fingerprint density at radius 3 is 2.12 bits per heavy atom. The van der Waals surface area contributed by atoms with Gasteiger partial charge in [-0.3, -0.25) is 4.90 Å². The zero-order valence-electron chi connectivity index (χ0n) is 10.7. The van der Waals surface area contributed by atoms with Crippen molar-refractivity contribution in [1.82, 2.24) is 9.80 Å². The summed E-state index contributed by atoms with van der Waals surface area (Å²) in [5.74, 6) is 0. The van der Waals surface area contributed by atoms with Crippen LogP contribution in [0.2, 0.25) is 0 Å². The largest absolute Gasteiger partial charge is 0.444 e. The zero-order chi connectivity index (χ0) is 11.9. The molecule has 0 aromatic heterocycles. The minimum Gasteiger partial charge on any atom is -0.444 e. The Balaban J connectivity index is 1.95. The summed E-state index contributed by atoms with van der Waals surface area (Å²) in [6.07, 6.45) is 2.26. The Hall–Kier alpha value is -0.770. The third-order valence-electron chi connectivity index (χ3n) is 3.50. The van der Waals surface area contributed by atoms with E-state index in [4.69, 9.17) is 4.74 Å². The van der Waals surface area contributed by atoms with Gasteiger partial charge in [0.25, 0.3) is 0 Å². The molecule has 2 aliphatic heterocycles. The van der Waals surface area contributed by atoms with Gasteiger partial charge in [0.05, 0.1) is 0 Å². The summed E-state index contributed by atoms with van der Waals surface area (Å²) in [5, 5.41) is 0. The lowest BCUT2D eigenvalue weighted by molar-refractivity contribution is 0.00577. The molecule has 2 fully saturated rings. The third-order valence-corrected chi connectivity index (χ3v) is 3.50. The molecule has 2 rings (SSSR count). The zero-order valence-corrected chi connectivity index (χ0v) is 10.7. The van der Waals surface area contributed by atoms with E-state index >= 15 is 0 Å². The van der Waals surface area contributed by atoms with Crippen molar-refractivity contribution in [2.75, 3.05) is 20.1 Å². The quantitative estimate of drug-likeness (QED) is 0.630. The smallest absolute Gasteiger partial charge is 0.410 e. The number of carbonyl (C=O) groups is 1. The highest BCUT2D eigenvalue weighted by atomic mass is 16.6. The normalized spacial score (nSPS) is 30.6. The molecule has 4 heteroatoms. The minimum absolute atomic E-state index is 0.155. The van der Waals surface area contributed by atoms with Crippen LogP contribution in [0.3, 0.4) is 0 Å². The second-order valence-corrected chi connectivity index (χ2v) is 5.94. The maximum atomic E-state index is 11.9. The van der Waals surface area contributed by atoms with Crippen LogP contribution in [0.5, 0.6) is 0 Å². The molecule has 2 aliphatic rings. The van der Waals surface area contributed by atoms with Crippen LogP contribution >= 0.6 is 0 Å². The molecule has 16 heavy (non-hydrogen) atoms. The Morgan fingerprint density at radius 2 is 1.69 bits per heavy atom. The van der Waals surface area contributed by atoms with Crippen LogP contribution in [0.15, 0.2) is 0 Å². The third kappa shape index (κ3) is 2.32. The van der Waals surface area contributed by atoms with E-state index in [9.17, 15) is 4.79 Å². The maximum absolute atomic E-state index is 11.9. The summed E-state index contributed by atoms with van der Waals surface area (Å²) in [7, 11) is 2.16. The fourth-order valence-electron chi connectivity index (χ4n) is 2.59. The van der Waals surface area contributed by atoms with E-state index in [0.29, 0.717) is 12.1 Å². The number of nitrogens with zero attached hydrogens (tertiary/aromatic N) is 2. The van der Waals surface area contributed by atoms with Crippen molar-refractivity contribution >= 4 is 6.09 Å². The first kappa shape index (κ1) is 11.7. The van der Waals surface area contributed by atoms with Gasteiger partial charge in [-0.25, -0.2) is 4.79 Å². The molecule has 4 nitrogen and oxygen atoms in total. The molecule has 2 bridgehead atoms. The van der Waals surface area contributed by atoms with Gasteiger partial charge in [0.15, 0.2) is 0 Å². The van der Waals surface area contributed by atoms with Crippen LogP contribution in [-0.2, 0) is 4.74 Å². The van der Waals surface area contributed by atoms with Gasteiger partial charge < -0.3 is 9.64 Å². The van der Waals surface area contributed by atoms with Gasteiger partial charge in [-0.2, -0.15) is 0 Å². The van der Waals surface area contributed by atoms with Crippen molar-refractivity contribution in [3.63, 3.8) is 0 Å². The molecular weight excluding hydrogens is 204 g/mol. The molecule has 2 saturated heterocycles. The lowest BCUT2D eigenvalue weighted by Gasteiger charge is -2.39. The SMILES string of the molecule is CN1[C@@H]2CC[C@H]1CN(C(=O)OC(C)(C)C)C2. The van der Waals surface area contributed by atoms with E-state index in [0.717, 1.165) is 13.1 Å². The van der Waals surface area contributed by atoms with Crippen LogP contribution in [0.1, 0.15) is 33.6 Å². The van der Waals surface area contributed by atoms with Gasteiger partial charge in [-0.1, -0.05) is 0 Å². The molecular formula is C12H22N2O2. The number of hydrogen-bond donors (Lipinski definition) is 0. The van der Waals surface area contributed by atoms with Gasteiger partial charge in [0.2, 0.25) is 0 Å². The number of hydrogen-bond acceptors (Lipinski definition) is 3. The van der Waals surface area contributed by atoms with E-state index in [1.807, 2.05) is 25.7 Å². The summed E-state index contributed by atoms with van der Waals surface area (Å²) < 4.78 is 5.41. The van der Waals surface area contributed by atoms with E-state index in [1.165, 1.54) is 12.8 Å². The maximum Gasteiger partial charge on any atom is 0.410 e. The van der Waals surface area contributed by atoms with Crippen molar-refractivity contribution in [2.24, 2.45) is 0 Å². The van der Waals surface area contributed by atoms with E-state index in [1.54, 1.807) is 0 Å². The van der Waals surface area contributed by atoms with Crippen molar-refractivity contribution < 1.29 is 9.53 Å². The van der Waals surface area contributed by atoms with Crippen molar-refractivity contribution in [2.45, 2.75) is 51.3 Å². The molecule has 0 radical (unpaired) electrons. The Morgan fingerprint density at radius 1 is 1.19 bits per heavy atom. The van der Waals surface area contributed by atoms with E-state index < -0.39 is 0 Å². The van der Waals surface area contributed by atoms with Crippen molar-refractivity contribution in [1.29, 1.82) is 0 Å². The number of amides is 1. The molecule has 0 N–H and O–H groups in total. The van der Waals surface area contributed by atoms with Crippen molar-refractivity contribution in [3.8, 4) is 0 Å². The molecule has 0 unspecified atom stereocenters. The second-order valence-electron chi connectivity index (χ2n) is 5.94. The first-order valence-electron chi connectivity index (χ1n) is 6.07. The average molecular weight is 226 g/mol. The summed E-state index contributed by atoms with van der Waals surface area (Å²) >= 11 is 0. The Kier molecular flexibility index (Phi) is 2.86. The van der Waals surface area contributed by atoms with Gasteiger partial charge in [0, 0.05) is 25.2 Å². The summed E-state index contributed by atoms with van der Waals surface area (Å²) in [5.41, 5.74) is -0.389. The number of likely N-dealkylation sites (tertiary alicyclic amines) is 1. The molecule has 0 spiro atoms. The van der Waals surface area contributed by atoms with Gasteiger partial charge in [0.1, 0.15) is 5.60 Å². The lowest BCUT2D eigenvalue weighted by atomic mass is 10.2. The van der Waals surface area contributed by atoms with E-state index in [2.05, 4.69) is 11.9 Å². The van der Waals surface area contributed by atoms with E-state index in [-0.39, 0.29) is 11.7 Å². The van der Waals surface area contributed by atoms with Crippen molar-refractivity contribution in [3.05, 3.63) is 0 Å². The second kappa shape index (κ2) is 3.91. The van der Waals surface area contributed by atoms with Gasteiger partial charge in [-0.05, 0) is 40.7 Å². The molecule has 92 valence electrons. The Labute approximate surface area is 97.5 Å². The first-order valence-corrected chi connectivity index (χ1v) is 6.07. The molecule has 0 saturated carbocycles. The molecule has 2 heterocycles. The standard InChI is InChI=1S/C12H22N2O2/c1-12(2,3)16-11(15)14-7-9-5-6-10(8-14)13(9)4/h9-10H,5-8H2,1-4H3/t9-,10+. The summed E-state index contributed by atoms with van der Waals surface area (Å²) in [6.45, 7) is 7.38. The lowest BCUT2D eigenvalue weighted by Crippen LogP contribution is -2.54. The van der Waals surface area contributed by atoms with Crippen LogP contribution in [0, 0.1) is 0 Å². The fraction of sp³-hybridized carbons (Fsp3) is 0.917. The monoisotopic (exact) mass is 226 g/mol. The highest BCUT2D eigenvalue weighted by molar-refractivity contribution is 5.68. The highest BCUT2D eigenvalue weighted by Crippen LogP contribution is 2.29. The van der Waals surface area contributed by atoms with Crippen LogP contribution in [0.4, 0.5) is 4.79 Å². The van der Waals surface area contributed by atoms with Crippen LogP contribution < -0.4 is 0 Å². The molecule has 0 aromatic rings. The number of carbonyl (C=O) groups excluding carboxylic acids is 1. The number of piperazine rings is 1. The van der Waals surface area contributed by atoms with Crippen LogP contribution in [-0.4, -0.2) is 53.7 Å². The molecule has 0 aliphatic carbocycles. The first-order chi connectivity index (χ1) is 7.37. The molecule has 1 amide bonds. The predicted molar refractivity (Wildman–Crippen MR) is 62.4 cm³/mol. The van der Waals surface area contributed by atoms with Gasteiger partial charge >= 0.3 is 6.09 Å². The van der Waals surface area contributed by atoms with Crippen LogP contribution in [0.25, 0.3) is 0 Å². The molecule has 0 aromatic carbocycles. The average Bonchev–Trinajstić information content (AvgIpc) is 2.38. The summed E-state index contributed by atoms with van der Waals surface area (Å²) in [6, 6.07) is 1.07. The molecule has 2 atom stereocenters. The number of ether oxygens (including phenoxy) is 1. The van der Waals surface area contributed by atoms with Gasteiger partial charge in [-0.15, -0.1) is 0 Å². The topological polar surface area (TPSA) is 32.8 Å².